The molecule has 0 aliphatic heterocycles. The lowest BCUT2D eigenvalue weighted by molar-refractivity contribution is 0.0932. The number of aliphatic hydroxyl groups excluding tert-OH is 1. The first-order chi connectivity index (χ1) is 9.10. The fourth-order valence-electron chi connectivity index (χ4n) is 1.99. The third-order valence-electron chi connectivity index (χ3n) is 3.00. The van der Waals surface area contributed by atoms with Gasteiger partial charge in [-0.05, 0) is 38.0 Å². The van der Waals surface area contributed by atoms with E-state index in [1.807, 2.05) is 31.2 Å². The summed E-state index contributed by atoms with van der Waals surface area (Å²) in [4.78, 5) is 15.2. The summed E-state index contributed by atoms with van der Waals surface area (Å²) >= 11 is 3.40. The molecule has 19 heavy (non-hydrogen) atoms. The van der Waals surface area contributed by atoms with E-state index in [1.165, 1.54) is 0 Å². The lowest BCUT2D eigenvalue weighted by atomic mass is 10.2. The molecule has 0 saturated heterocycles. The summed E-state index contributed by atoms with van der Waals surface area (Å²) in [5, 5.41) is 12.7. The quantitative estimate of drug-likeness (QED) is 0.791. The zero-order chi connectivity index (χ0) is 13.8. The summed E-state index contributed by atoms with van der Waals surface area (Å²) in [7, 11) is 0. The number of hydrogen-bond acceptors (Lipinski definition) is 2. The van der Waals surface area contributed by atoms with Crippen LogP contribution in [0.2, 0.25) is 0 Å². The molecule has 3 N–H and O–H groups in total. The van der Waals surface area contributed by atoms with Crippen molar-refractivity contribution in [3.63, 3.8) is 0 Å². The van der Waals surface area contributed by atoms with Gasteiger partial charge >= 0.3 is 0 Å². The van der Waals surface area contributed by atoms with Crippen LogP contribution in [0.5, 0.6) is 0 Å². The van der Waals surface area contributed by atoms with Crippen LogP contribution < -0.4 is 5.32 Å². The number of fused-ring (bicyclic) bond motifs is 1. The summed E-state index contributed by atoms with van der Waals surface area (Å²) < 4.78 is 0.977. The summed E-state index contributed by atoms with van der Waals surface area (Å²) in [5.41, 5.74) is 1.49. The highest BCUT2D eigenvalue weighted by atomic mass is 79.9. The Kier molecular flexibility index (Phi) is 4.61. The molecule has 4 nitrogen and oxygen atoms in total. The van der Waals surface area contributed by atoms with Gasteiger partial charge in [0.05, 0.1) is 0 Å². The van der Waals surface area contributed by atoms with Gasteiger partial charge in [0.1, 0.15) is 5.69 Å². The van der Waals surface area contributed by atoms with E-state index in [-0.39, 0.29) is 18.6 Å². The van der Waals surface area contributed by atoms with Crippen molar-refractivity contribution in [3.05, 3.63) is 34.4 Å². The van der Waals surface area contributed by atoms with Crippen LogP contribution in [0.1, 0.15) is 30.3 Å². The Morgan fingerprint density at radius 1 is 1.47 bits per heavy atom. The molecule has 0 aliphatic carbocycles. The minimum atomic E-state index is -0.113. The molecule has 1 aromatic carbocycles. The Bertz CT molecular complexity index is 580. The standard InChI is InChI=1S/C14H17BrN2O2/c1-9(3-2-6-18)16-14(19)13-7-10-4-5-11(15)8-12(10)17-13/h4-5,7-9,17-18H,2-3,6H2,1H3,(H,16,19). The zero-order valence-electron chi connectivity index (χ0n) is 10.7. The van der Waals surface area contributed by atoms with E-state index >= 15 is 0 Å². The summed E-state index contributed by atoms with van der Waals surface area (Å²) in [6.07, 6.45) is 1.47. The molecule has 102 valence electrons. The largest absolute Gasteiger partial charge is 0.396 e. The number of H-pyrrole nitrogens is 1. The third kappa shape index (κ3) is 3.58. The zero-order valence-corrected chi connectivity index (χ0v) is 12.3. The van der Waals surface area contributed by atoms with Crippen molar-refractivity contribution in [1.29, 1.82) is 0 Å². The molecule has 1 unspecified atom stereocenters. The molecule has 0 aliphatic rings. The van der Waals surface area contributed by atoms with Gasteiger partial charge in [-0.25, -0.2) is 0 Å². The average molecular weight is 325 g/mol. The van der Waals surface area contributed by atoms with E-state index in [0.717, 1.165) is 21.8 Å². The van der Waals surface area contributed by atoms with Crippen molar-refractivity contribution in [1.82, 2.24) is 10.3 Å². The first-order valence-electron chi connectivity index (χ1n) is 6.30. The minimum absolute atomic E-state index is 0.0535. The maximum absolute atomic E-state index is 12.1. The van der Waals surface area contributed by atoms with Gasteiger partial charge in [-0.15, -0.1) is 0 Å². The van der Waals surface area contributed by atoms with E-state index in [0.29, 0.717) is 12.1 Å². The van der Waals surface area contributed by atoms with Crippen LogP contribution >= 0.6 is 15.9 Å². The number of hydrogen-bond donors (Lipinski definition) is 3. The summed E-state index contributed by atoms with van der Waals surface area (Å²) in [5.74, 6) is -0.113. The number of carbonyl (C=O) groups excluding carboxylic acids is 1. The van der Waals surface area contributed by atoms with Gasteiger partial charge < -0.3 is 15.4 Å². The highest BCUT2D eigenvalue weighted by Crippen LogP contribution is 2.20. The molecule has 0 fully saturated rings. The molecule has 5 heteroatoms. The van der Waals surface area contributed by atoms with Crippen molar-refractivity contribution in [2.24, 2.45) is 0 Å². The van der Waals surface area contributed by atoms with E-state index in [4.69, 9.17) is 5.11 Å². The molecule has 1 atom stereocenters. The van der Waals surface area contributed by atoms with E-state index < -0.39 is 0 Å². The Hall–Kier alpha value is -1.33. The molecule has 2 aromatic rings. The van der Waals surface area contributed by atoms with Gasteiger partial charge in [0.15, 0.2) is 0 Å². The number of aliphatic hydroxyl groups is 1. The number of halogens is 1. The Morgan fingerprint density at radius 2 is 2.26 bits per heavy atom. The van der Waals surface area contributed by atoms with Crippen LogP contribution in [-0.4, -0.2) is 28.6 Å². The molecular formula is C14H17BrN2O2. The van der Waals surface area contributed by atoms with Gasteiger partial charge in [-0.1, -0.05) is 22.0 Å². The summed E-state index contributed by atoms with van der Waals surface area (Å²) in [6.45, 7) is 2.09. The molecule has 1 aromatic heterocycles. The van der Waals surface area contributed by atoms with E-state index in [1.54, 1.807) is 0 Å². The maximum Gasteiger partial charge on any atom is 0.267 e. The second-order valence-electron chi connectivity index (χ2n) is 4.65. The smallest absolute Gasteiger partial charge is 0.267 e. The Balaban J connectivity index is 2.08. The highest BCUT2D eigenvalue weighted by Gasteiger charge is 2.12. The van der Waals surface area contributed by atoms with Gasteiger partial charge in [0.2, 0.25) is 0 Å². The molecule has 1 amide bonds. The maximum atomic E-state index is 12.1. The second kappa shape index (κ2) is 6.21. The van der Waals surface area contributed by atoms with Crippen molar-refractivity contribution < 1.29 is 9.90 Å². The molecule has 0 spiro atoms. The van der Waals surface area contributed by atoms with Crippen molar-refractivity contribution in [2.45, 2.75) is 25.8 Å². The minimum Gasteiger partial charge on any atom is -0.396 e. The highest BCUT2D eigenvalue weighted by molar-refractivity contribution is 9.10. The number of rotatable bonds is 5. The van der Waals surface area contributed by atoms with Gasteiger partial charge in [-0.2, -0.15) is 0 Å². The van der Waals surface area contributed by atoms with Gasteiger partial charge in [0.25, 0.3) is 5.91 Å². The predicted molar refractivity (Wildman–Crippen MR) is 79.2 cm³/mol. The monoisotopic (exact) mass is 324 g/mol. The number of aromatic amines is 1. The number of benzene rings is 1. The molecule has 2 rings (SSSR count). The Labute approximate surface area is 120 Å². The van der Waals surface area contributed by atoms with E-state index in [2.05, 4.69) is 26.2 Å². The average Bonchev–Trinajstić information content (AvgIpc) is 2.79. The number of amides is 1. The van der Waals surface area contributed by atoms with Crippen LogP contribution in [-0.2, 0) is 0 Å². The van der Waals surface area contributed by atoms with Crippen LogP contribution in [0.15, 0.2) is 28.7 Å². The number of carbonyl (C=O) groups is 1. The molecule has 0 saturated carbocycles. The summed E-state index contributed by atoms with van der Waals surface area (Å²) in [6, 6.07) is 7.75. The van der Waals surface area contributed by atoms with E-state index in [9.17, 15) is 4.79 Å². The molecule has 0 bridgehead atoms. The van der Waals surface area contributed by atoms with Crippen molar-refractivity contribution >= 4 is 32.7 Å². The fourth-order valence-corrected chi connectivity index (χ4v) is 2.35. The fraction of sp³-hybridized carbons (Fsp3) is 0.357. The van der Waals surface area contributed by atoms with Crippen LogP contribution in [0.25, 0.3) is 10.9 Å². The van der Waals surface area contributed by atoms with Crippen molar-refractivity contribution in [3.8, 4) is 0 Å². The number of nitrogens with one attached hydrogen (secondary N) is 2. The van der Waals surface area contributed by atoms with Crippen molar-refractivity contribution in [2.75, 3.05) is 6.61 Å². The lowest BCUT2D eigenvalue weighted by Crippen LogP contribution is -2.32. The number of aromatic nitrogens is 1. The van der Waals surface area contributed by atoms with Gasteiger partial charge in [-0.3, -0.25) is 4.79 Å². The first kappa shape index (κ1) is 14.1. The normalized spacial score (nSPS) is 12.6. The molecular weight excluding hydrogens is 308 g/mol. The second-order valence-corrected chi connectivity index (χ2v) is 5.57. The van der Waals surface area contributed by atoms with Gasteiger partial charge in [0, 0.05) is 28.0 Å². The van der Waals surface area contributed by atoms with Crippen LogP contribution in [0.3, 0.4) is 0 Å². The Morgan fingerprint density at radius 3 is 3.00 bits per heavy atom. The van der Waals surface area contributed by atoms with Crippen LogP contribution in [0.4, 0.5) is 0 Å². The topological polar surface area (TPSA) is 65.1 Å². The SMILES string of the molecule is CC(CCCO)NC(=O)c1cc2ccc(Br)cc2[nH]1. The first-order valence-corrected chi connectivity index (χ1v) is 7.09. The lowest BCUT2D eigenvalue weighted by Gasteiger charge is -2.12. The van der Waals surface area contributed by atoms with Crippen LogP contribution in [0, 0.1) is 0 Å². The third-order valence-corrected chi connectivity index (χ3v) is 3.50. The predicted octanol–water partition coefficient (Wildman–Crippen LogP) is 2.82. The molecule has 0 radical (unpaired) electrons. The molecule has 1 heterocycles.